The summed E-state index contributed by atoms with van der Waals surface area (Å²) in [4.78, 5) is 13.5. The minimum absolute atomic E-state index is 0.0174. The van der Waals surface area contributed by atoms with E-state index in [0.29, 0.717) is 5.91 Å². The van der Waals surface area contributed by atoms with Crippen LogP contribution in [0, 0.1) is 0 Å². The molecular weight excluding hydrogens is 182 g/mol. The third-order valence-electron chi connectivity index (χ3n) is 2.82. The molecule has 2 nitrogen and oxygen atoms in total. The van der Waals surface area contributed by atoms with Crippen LogP contribution in [0.25, 0.3) is 0 Å². The first-order valence-electron chi connectivity index (χ1n) is 4.32. The molecule has 0 heterocycles. The van der Waals surface area contributed by atoms with E-state index in [1.807, 2.05) is 14.1 Å². The predicted molar refractivity (Wildman–Crippen MR) is 60.3 cm³/mol. The standard InChI is InChI=1S/C8H21NOSi2/c1-8(11,12(4,5)6)7(10)9(2)3/h1-6,11H3. The molecule has 0 bridgehead atoms. The van der Waals surface area contributed by atoms with Gasteiger partial charge in [0.05, 0.1) is 8.07 Å². The van der Waals surface area contributed by atoms with Gasteiger partial charge in [-0.1, -0.05) is 26.6 Å². The van der Waals surface area contributed by atoms with Gasteiger partial charge in [0.15, 0.2) is 0 Å². The van der Waals surface area contributed by atoms with Crippen LogP contribution in [0.1, 0.15) is 6.92 Å². The fraction of sp³-hybridized carbons (Fsp3) is 0.875. The molecule has 0 saturated heterocycles. The third kappa shape index (κ3) is 2.20. The predicted octanol–water partition coefficient (Wildman–Crippen LogP) is 0.496. The molecule has 1 atom stereocenters. The highest BCUT2D eigenvalue weighted by Crippen LogP contribution is 2.34. The van der Waals surface area contributed by atoms with E-state index < -0.39 is 8.07 Å². The van der Waals surface area contributed by atoms with Gasteiger partial charge in [0.25, 0.3) is 0 Å². The maximum atomic E-state index is 11.8. The van der Waals surface area contributed by atoms with Gasteiger partial charge in [-0.15, -0.1) is 0 Å². The van der Waals surface area contributed by atoms with Crippen LogP contribution in [-0.2, 0) is 4.79 Å². The van der Waals surface area contributed by atoms with Gasteiger partial charge in [-0.2, -0.15) is 0 Å². The number of rotatable bonds is 2. The van der Waals surface area contributed by atoms with Gasteiger partial charge in [0.1, 0.15) is 0 Å². The van der Waals surface area contributed by atoms with E-state index in [9.17, 15) is 4.79 Å². The highest BCUT2D eigenvalue weighted by Gasteiger charge is 2.41. The summed E-state index contributed by atoms with van der Waals surface area (Å²) in [5.74, 6) is 0.313. The van der Waals surface area contributed by atoms with Gasteiger partial charge in [-0.25, -0.2) is 0 Å². The molecule has 0 rings (SSSR count). The van der Waals surface area contributed by atoms with Gasteiger partial charge in [-0.05, 0) is 0 Å². The summed E-state index contributed by atoms with van der Waals surface area (Å²) in [6, 6.07) is 0. The summed E-state index contributed by atoms with van der Waals surface area (Å²) in [6.07, 6.45) is 0. The molecule has 72 valence electrons. The van der Waals surface area contributed by atoms with Crippen LogP contribution in [0.2, 0.25) is 24.3 Å². The van der Waals surface area contributed by atoms with Crippen LogP contribution >= 0.6 is 0 Å². The van der Waals surface area contributed by atoms with Crippen LogP contribution in [-0.4, -0.2) is 43.2 Å². The number of carbonyl (C=O) groups excluding carboxylic acids is 1. The monoisotopic (exact) mass is 203 g/mol. The number of nitrogens with zero attached hydrogens (tertiary/aromatic N) is 1. The van der Waals surface area contributed by atoms with Crippen molar-refractivity contribution >= 4 is 24.2 Å². The molecule has 4 heteroatoms. The summed E-state index contributed by atoms with van der Waals surface area (Å²) in [5.41, 5.74) is 0. The van der Waals surface area contributed by atoms with E-state index in [-0.39, 0.29) is 4.66 Å². The lowest BCUT2D eigenvalue weighted by Gasteiger charge is -2.37. The molecule has 0 saturated carbocycles. The van der Waals surface area contributed by atoms with Gasteiger partial charge < -0.3 is 4.90 Å². The zero-order valence-corrected chi connectivity index (χ0v) is 12.4. The smallest absolute Gasteiger partial charge is 0.221 e. The first kappa shape index (κ1) is 11.9. The van der Waals surface area contributed by atoms with E-state index in [4.69, 9.17) is 0 Å². The fourth-order valence-corrected chi connectivity index (χ4v) is 2.19. The lowest BCUT2D eigenvalue weighted by Crippen LogP contribution is -2.48. The van der Waals surface area contributed by atoms with Crippen LogP contribution in [0.3, 0.4) is 0 Å². The average Bonchev–Trinajstić information content (AvgIpc) is 1.83. The Morgan fingerprint density at radius 1 is 1.33 bits per heavy atom. The molecule has 0 aromatic carbocycles. The molecule has 0 aromatic heterocycles. The zero-order chi connectivity index (χ0) is 10.2. The van der Waals surface area contributed by atoms with Crippen molar-refractivity contribution < 1.29 is 4.79 Å². The minimum Gasteiger partial charge on any atom is -0.349 e. The summed E-state index contributed by atoms with van der Waals surface area (Å²) in [7, 11) is 3.31. The Bertz CT molecular complexity index is 182. The molecule has 1 unspecified atom stereocenters. The van der Waals surface area contributed by atoms with Crippen LogP contribution in [0.15, 0.2) is 0 Å². The third-order valence-corrected chi connectivity index (χ3v) is 11.7. The minimum atomic E-state index is -1.34. The maximum absolute atomic E-state index is 11.8. The molecule has 0 aliphatic heterocycles. The van der Waals surface area contributed by atoms with Crippen molar-refractivity contribution in [2.24, 2.45) is 0 Å². The summed E-state index contributed by atoms with van der Waals surface area (Å²) >= 11 is 0. The molecule has 0 N–H and O–H groups in total. The molecule has 0 aliphatic rings. The Hall–Kier alpha value is -0.0962. The second kappa shape index (κ2) is 3.34. The van der Waals surface area contributed by atoms with Crippen LogP contribution < -0.4 is 0 Å². The highest BCUT2D eigenvalue weighted by atomic mass is 28.4. The SMILES string of the molecule is CN(C)C(=O)C(C)([SiH3])[Si](C)(C)C. The Balaban J connectivity index is 4.74. The van der Waals surface area contributed by atoms with Crippen molar-refractivity contribution in [2.45, 2.75) is 31.2 Å². The second-order valence-electron chi connectivity index (χ2n) is 5.07. The Morgan fingerprint density at radius 2 is 1.67 bits per heavy atom. The number of amides is 1. The van der Waals surface area contributed by atoms with Crippen LogP contribution in [0.5, 0.6) is 0 Å². The Labute approximate surface area is 79.8 Å². The summed E-state index contributed by atoms with van der Waals surface area (Å²) in [5, 5.41) is 0. The molecule has 12 heavy (non-hydrogen) atoms. The van der Waals surface area contributed by atoms with Crippen molar-refractivity contribution in [3.63, 3.8) is 0 Å². The molecular formula is C8H21NOSi2. The van der Waals surface area contributed by atoms with Crippen molar-refractivity contribution in [2.75, 3.05) is 14.1 Å². The van der Waals surface area contributed by atoms with Crippen molar-refractivity contribution in [3.05, 3.63) is 0 Å². The van der Waals surface area contributed by atoms with Crippen molar-refractivity contribution in [3.8, 4) is 0 Å². The molecule has 0 aromatic rings. The topological polar surface area (TPSA) is 20.3 Å². The van der Waals surface area contributed by atoms with E-state index in [2.05, 4.69) is 26.6 Å². The lowest BCUT2D eigenvalue weighted by molar-refractivity contribution is -0.129. The number of hydrogen-bond donors (Lipinski definition) is 0. The first-order chi connectivity index (χ1) is 5.10. The van der Waals surface area contributed by atoms with E-state index in [1.54, 1.807) is 4.90 Å². The Kier molecular flexibility index (Phi) is 3.31. The second-order valence-corrected chi connectivity index (χ2v) is 13.8. The first-order valence-corrected chi connectivity index (χ1v) is 8.82. The van der Waals surface area contributed by atoms with Gasteiger partial charge in [0, 0.05) is 29.0 Å². The highest BCUT2D eigenvalue weighted by molar-refractivity contribution is 6.88. The average molecular weight is 203 g/mol. The van der Waals surface area contributed by atoms with Crippen molar-refractivity contribution in [1.82, 2.24) is 4.90 Å². The molecule has 0 fully saturated rings. The summed E-state index contributed by atoms with van der Waals surface area (Å²) in [6.45, 7) is 8.91. The maximum Gasteiger partial charge on any atom is 0.221 e. The van der Waals surface area contributed by atoms with E-state index >= 15 is 0 Å². The summed E-state index contributed by atoms with van der Waals surface area (Å²) < 4.78 is -0.0174. The van der Waals surface area contributed by atoms with E-state index in [0.717, 1.165) is 10.2 Å². The Morgan fingerprint density at radius 3 is 1.75 bits per heavy atom. The number of hydrogen-bond acceptors (Lipinski definition) is 1. The molecule has 0 spiro atoms. The van der Waals surface area contributed by atoms with Crippen LogP contribution in [0.4, 0.5) is 0 Å². The number of carbonyl (C=O) groups is 1. The fourth-order valence-electron chi connectivity index (χ4n) is 0.880. The van der Waals surface area contributed by atoms with Gasteiger partial charge in [0.2, 0.25) is 5.91 Å². The van der Waals surface area contributed by atoms with E-state index in [1.165, 1.54) is 0 Å². The van der Waals surface area contributed by atoms with Gasteiger partial charge in [-0.3, -0.25) is 4.79 Å². The normalized spacial score (nSPS) is 17.2. The van der Waals surface area contributed by atoms with Crippen molar-refractivity contribution in [1.29, 1.82) is 0 Å². The molecule has 0 aliphatic carbocycles. The zero-order valence-electron chi connectivity index (χ0n) is 9.36. The quantitative estimate of drug-likeness (QED) is 0.599. The molecule has 0 radical (unpaired) electrons. The largest absolute Gasteiger partial charge is 0.349 e. The molecule has 1 amide bonds. The lowest BCUT2D eigenvalue weighted by atomic mass is 10.4. The van der Waals surface area contributed by atoms with Gasteiger partial charge >= 0.3 is 0 Å².